The van der Waals surface area contributed by atoms with Crippen LogP contribution in [-0.2, 0) is 12.7 Å². The van der Waals surface area contributed by atoms with Crippen molar-refractivity contribution < 1.29 is 22.3 Å². The highest BCUT2D eigenvalue weighted by atomic mass is 19.4. The molecule has 28 heavy (non-hydrogen) atoms. The van der Waals surface area contributed by atoms with Crippen molar-refractivity contribution in [1.82, 2.24) is 15.0 Å². The monoisotopic (exact) mass is 393 g/mol. The van der Waals surface area contributed by atoms with E-state index in [0.29, 0.717) is 18.9 Å². The summed E-state index contributed by atoms with van der Waals surface area (Å²) < 4.78 is 49.4. The molecule has 0 bridgehead atoms. The minimum atomic E-state index is -4.44. The molecule has 0 aliphatic rings. The summed E-state index contributed by atoms with van der Waals surface area (Å²) in [6.07, 6.45) is -2.15. The fourth-order valence-electron chi connectivity index (χ4n) is 2.23. The number of aromatic nitrogens is 3. The van der Waals surface area contributed by atoms with Crippen molar-refractivity contribution >= 4 is 17.6 Å². The predicted molar refractivity (Wildman–Crippen MR) is 96.4 cm³/mol. The molecule has 3 aromatic rings. The molecule has 0 amide bonds. The Labute approximate surface area is 159 Å². The highest BCUT2D eigenvalue weighted by molar-refractivity contribution is 5.55. The van der Waals surface area contributed by atoms with E-state index >= 15 is 0 Å². The molecule has 2 aromatic heterocycles. The van der Waals surface area contributed by atoms with Gasteiger partial charge in [-0.15, -0.1) is 0 Å². The molecule has 2 N–H and O–H groups in total. The molecule has 0 unspecified atom stereocenters. The Balaban J connectivity index is 1.81. The standard InChI is InChI=1S/C18H18F3N5O2/c1-2-8-28-17-25-15(22-11-14-7-4-9-27-14)24-16(26-17)23-13-6-3-5-12(10-13)18(19,20)21/h3-7,9-10H,2,8,11H2,1H3,(H2,22,23,24,25,26). The second-order valence-electron chi connectivity index (χ2n) is 5.75. The van der Waals surface area contributed by atoms with Gasteiger partial charge >= 0.3 is 12.2 Å². The molecule has 0 aliphatic carbocycles. The number of alkyl halides is 3. The molecule has 0 radical (unpaired) electrons. The van der Waals surface area contributed by atoms with Crippen molar-refractivity contribution in [2.75, 3.05) is 17.2 Å². The van der Waals surface area contributed by atoms with Gasteiger partial charge < -0.3 is 19.8 Å². The predicted octanol–water partition coefficient (Wildman–Crippen LogP) is 4.63. The van der Waals surface area contributed by atoms with E-state index in [-0.39, 0.29) is 23.6 Å². The first-order valence-electron chi connectivity index (χ1n) is 8.53. The molecule has 1 aromatic carbocycles. The Morgan fingerprint density at radius 3 is 2.61 bits per heavy atom. The van der Waals surface area contributed by atoms with Crippen molar-refractivity contribution in [1.29, 1.82) is 0 Å². The molecule has 7 nitrogen and oxygen atoms in total. The fourth-order valence-corrected chi connectivity index (χ4v) is 2.23. The van der Waals surface area contributed by atoms with Crippen LogP contribution in [0.2, 0.25) is 0 Å². The van der Waals surface area contributed by atoms with Gasteiger partial charge in [0.05, 0.1) is 25.0 Å². The lowest BCUT2D eigenvalue weighted by Gasteiger charge is -2.12. The Kier molecular flexibility index (Phi) is 5.97. The van der Waals surface area contributed by atoms with Gasteiger partial charge in [-0.05, 0) is 36.8 Å². The zero-order chi connectivity index (χ0) is 20.0. The van der Waals surface area contributed by atoms with Crippen LogP contribution < -0.4 is 15.4 Å². The van der Waals surface area contributed by atoms with E-state index in [4.69, 9.17) is 9.15 Å². The van der Waals surface area contributed by atoms with Crippen LogP contribution in [0.3, 0.4) is 0 Å². The van der Waals surface area contributed by atoms with Crippen molar-refractivity contribution in [2.24, 2.45) is 0 Å². The van der Waals surface area contributed by atoms with E-state index in [0.717, 1.165) is 18.6 Å². The summed E-state index contributed by atoms with van der Waals surface area (Å²) in [6, 6.07) is 8.36. The summed E-state index contributed by atoms with van der Waals surface area (Å²) in [5.41, 5.74) is -0.579. The quantitative estimate of drug-likeness (QED) is 0.577. The first-order valence-corrected chi connectivity index (χ1v) is 8.53. The largest absolute Gasteiger partial charge is 0.467 e. The van der Waals surface area contributed by atoms with E-state index < -0.39 is 11.7 Å². The van der Waals surface area contributed by atoms with Gasteiger partial charge in [0, 0.05) is 5.69 Å². The Morgan fingerprint density at radius 2 is 1.89 bits per heavy atom. The smallest absolute Gasteiger partial charge is 0.416 e. The van der Waals surface area contributed by atoms with E-state index in [1.807, 2.05) is 6.92 Å². The van der Waals surface area contributed by atoms with Gasteiger partial charge in [-0.3, -0.25) is 0 Å². The number of benzene rings is 1. The van der Waals surface area contributed by atoms with Crippen LogP contribution in [0, 0.1) is 0 Å². The molecule has 0 aliphatic heterocycles. The second-order valence-corrected chi connectivity index (χ2v) is 5.75. The van der Waals surface area contributed by atoms with Crippen LogP contribution in [0.25, 0.3) is 0 Å². The highest BCUT2D eigenvalue weighted by Crippen LogP contribution is 2.31. The summed E-state index contributed by atoms with van der Waals surface area (Å²) in [6.45, 7) is 2.65. The third-order valence-corrected chi connectivity index (χ3v) is 3.50. The molecule has 148 valence electrons. The number of hydrogen-bond donors (Lipinski definition) is 2. The minimum Gasteiger partial charge on any atom is -0.467 e. The maximum absolute atomic E-state index is 12.9. The number of anilines is 3. The molecule has 0 saturated carbocycles. The molecule has 2 heterocycles. The van der Waals surface area contributed by atoms with Gasteiger partial charge in [-0.25, -0.2) is 0 Å². The number of nitrogens with zero attached hydrogens (tertiary/aromatic N) is 3. The van der Waals surface area contributed by atoms with Crippen molar-refractivity contribution in [3.05, 3.63) is 54.0 Å². The van der Waals surface area contributed by atoms with Gasteiger partial charge in [0.2, 0.25) is 11.9 Å². The first kappa shape index (κ1) is 19.5. The zero-order valence-corrected chi connectivity index (χ0v) is 15.0. The summed E-state index contributed by atoms with van der Waals surface area (Å²) in [4.78, 5) is 12.4. The maximum atomic E-state index is 12.9. The van der Waals surface area contributed by atoms with E-state index in [1.54, 1.807) is 18.4 Å². The van der Waals surface area contributed by atoms with Crippen molar-refractivity contribution in [3.63, 3.8) is 0 Å². The number of rotatable bonds is 8. The highest BCUT2D eigenvalue weighted by Gasteiger charge is 2.30. The van der Waals surface area contributed by atoms with Gasteiger partial charge in [-0.1, -0.05) is 13.0 Å². The molecule has 0 saturated heterocycles. The Bertz CT molecular complexity index is 900. The molecule has 10 heteroatoms. The minimum absolute atomic E-state index is 0.0578. The van der Waals surface area contributed by atoms with E-state index in [9.17, 15) is 13.2 Å². The van der Waals surface area contributed by atoms with E-state index in [1.165, 1.54) is 12.1 Å². The lowest BCUT2D eigenvalue weighted by Crippen LogP contribution is -2.10. The lowest BCUT2D eigenvalue weighted by atomic mass is 10.2. The van der Waals surface area contributed by atoms with Crippen molar-refractivity contribution in [2.45, 2.75) is 26.1 Å². The number of ether oxygens (including phenoxy) is 1. The topological polar surface area (TPSA) is 85.1 Å². The zero-order valence-electron chi connectivity index (χ0n) is 15.0. The van der Waals surface area contributed by atoms with Crippen LogP contribution in [0.1, 0.15) is 24.7 Å². The summed E-state index contributed by atoms with van der Waals surface area (Å²) >= 11 is 0. The molecule has 3 rings (SSSR count). The SMILES string of the molecule is CCCOc1nc(NCc2ccco2)nc(Nc2cccc(C(F)(F)F)c2)n1. The van der Waals surface area contributed by atoms with Crippen LogP contribution in [-0.4, -0.2) is 21.6 Å². The Hall–Kier alpha value is -3.30. The third kappa shape index (κ3) is 5.35. The van der Waals surface area contributed by atoms with Gasteiger partial charge in [0.15, 0.2) is 0 Å². The molecule has 0 fully saturated rings. The van der Waals surface area contributed by atoms with Gasteiger partial charge in [0.1, 0.15) is 5.76 Å². The number of furan rings is 1. The van der Waals surface area contributed by atoms with Crippen LogP contribution >= 0.6 is 0 Å². The van der Waals surface area contributed by atoms with Gasteiger partial charge in [0.25, 0.3) is 0 Å². The van der Waals surface area contributed by atoms with Crippen LogP contribution in [0.4, 0.5) is 30.8 Å². The van der Waals surface area contributed by atoms with Crippen molar-refractivity contribution in [3.8, 4) is 6.01 Å². The average Bonchev–Trinajstić information content (AvgIpc) is 3.18. The first-order chi connectivity index (χ1) is 13.4. The normalized spacial score (nSPS) is 11.3. The lowest BCUT2D eigenvalue weighted by molar-refractivity contribution is -0.137. The number of hydrogen-bond acceptors (Lipinski definition) is 7. The maximum Gasteiger partial charge on any atom is 0.416 e. The third-order valence-electron chi connectivity index (χ3n) is 3.50. The molecule has 0 atom stereocenters. The number of nitrogens with one attached hydrogen (secondary N) is 2. The summed E-state index contributed by atoms with van der Waals surface area (Å²) in [5, 5.41) is 5.73. The second kappa shape index (κ2) is 8.59. The number of halogens is 3. The molecular formula is C18H18F3N5O2. The van der Waals surface area contributed by atoms with Gasteiger partial charge in [-0.2, -0.15) is 28.1 Å². The average molecular weight is 393 g/mol. The fraction of sp³-hybridized carbons (Fsp3) is 0.278. The van der Waals surface area contributed by atoms with Crippen LogP contribution in [0.15, 0.2) is 47.1 Å². The van der Waals surface area contributed by atoms with E-state index in [2.05, 4.69) is 25.6 Å². The Morgan fingerprint density at radius 1 is 1.07 bits per heavy atom. The van der Waals surface area contributed by atoms with Crippen LogP contribution in [0.5, 0.6) is 6.01 Å². The summed E-state index contributed by atoms with van der Waals surface area (Å²) in [7, 11) is 0. The molecule has 0 spiro atoms. The summed E-state index contributed by atoms with van der Waals surface area (Å²) in [5.74, 6) is 0.929. The molecular weight excluding hydrogens is 375 g/mol.